The first-order valence-electron chi connectivity index (χ1n) is 10.3. The molecule has 2 aromatic rings. The SMILES string of the molecule is CN1C(=NC(=N)c2cccc(F)c2)c2cc(Br)cc(Br)c2NC1N[C@@H]1CCCCNC1=O. The van der Waals surface area contributed by atoms with E-state index in [1.54, 1.807) is 12.1 Å². The lowest BCUT2D eigenvalue weighted by atomic mass is 10.1. The summed E-state index contributed by atoms with van der Waals surface area (Å²) < 4.78 is 15.4. The van der Waals surface area contributed by atoms with Crippen molar-refractivity contribution in [3.8, 4) is 0 Å². The van der Waals surface area contributed by atoms with Gasteiger partial charge in [0, 0.05) is 33.7 Å². The lowest BCUT2D eigenvalue weighted by Crippen LogP contribution is -2.60. The minimum atomic E-state index is -0.437. The van der Waals surface area contributed by atoms with Crippen LogP contribution in [0.5, 0.6) is 0 Å². The quantitative estimate of drug-likeness (QED) is 0.334. The monoisotopic (exact) mass is 564 g/mol. The fourth-order valence-corrected chi connectivity index (χ4v) is 5.17. The Kier molecular flexibility index (Phi) is 6.92. The van der Waals surface area contributed by atoms with Gasteiger partial charge in [-0.15, -0.1) is 0 Å². The van der Waals surface area contributed by atoms with Crippen LogP contribution in [-0.2, 0) is 4.79 Å². The van der Waals surface area contributed by atoms with Gasteiger partial charge in [0.25, 0.3) is 0 Å². The molecule has 168 valence electrons. The van der Waals surface area contributed by atoms with Crippen molar-refractivity contribution in [2.24, 2.45) is 4.99 Å². The van der Waals surface area contributed by atoms with E-state index in [1.807, 2.05) is 24.1 Å². The molecule has 0 bridgehead atoms. The number of carbonyl (C=O) groups is 1. The molecule has 10 heteroatoms. The molecular weight excluding hydrogens is 543 g/mol. The minimum Gasteiger partial charge on any atom is -0.355 e. The van der Waals surface area contributed by atoms with Crippen LogP contribution < -0.4 is 16.0 Å². The summed E-state index contributed by atoms with van der Waals surface area (Å²) in [4.78, 5) is 18.9. The van der Waals surface area contributed by atoms with E-state index in [0.717, 1.165) is 39.5 Å². The van der Waals surface area contributed by atoms with Crippen molar-refractivity contribution in [2.75, 3.05) is 18.9 Å². The Morgan fingerprint density at radius 1 is 1.28 bits per heavy atom. The number of fused-ring (bicyclic) bond motifs is 1. The fraction of sp³-hybridized carbons (Fsp3) is 0.318. The maximum atomic E-state index is 13.7. The van der Waals surface area contributed by atoms with Crippen LogP contribution in [0.25, 0.3) is 0 Å². The number of aliphatic imine (C=N–C) groups is 1. The highest BCUT2D eigenvalue weighted by Crippen LogP contribution is 2.35. The Bertz CT molecular complexity index is 1090. The molecule has 2 aliphatic rings. The number of amides is 1. The van der Waals surface area contributed by atoms with Crippen LogP contribution in [0.15, 0.2) is 50.3 Å². The molecule has 2 heterocycles. The number of carbonyl (C=O) groups excluding carboxylic acids is 1. The van der Waals surface area contributed by atoms with Gasteiger partial charge in [-0.1, -0.05) is 28.1 Å². The molecule has 2 aromatic carbocycles. The molecule has 0 aromatic heterocycles. The first-order chi connectivity index (χ1) is 15.3. The zero-order valence-corrected chi connectivity index (χ0v) is 20.6. The number of halogens is 3. The van der Waals surface area contributed by atoms with Crippen molar-refractivity contribution in [3.63, 3.8) is 0 Å². The summed E-state index contributed by atoms with van der Waals surface area (Å²) in [7, 11) is 1.84. The van der Waals surface area contributed by atoms with Crippen molar-refractivity contribution in [3.05, 3.63) is 62.3 Å². The van der Waals surface area contributed by atoms with Gasteiger partial charge in [0.15, 0.2) is 12.1 Å². The van der Waals surface area contributed by atoms with Crippen molar-refractivity contribution in [2.45, 2.75) is 31.6 Å². The second-order valence-corrected chi connectivity index (χ2v) is 9.54. The summed E-state index contributed by atoms with van der Waals surface area (Å²) in [5, 5.41) is 18.2. The number of benzene rings is 2. The molecule has 0 radical (unpaired) electrons. The highest BCUT2D eigenvalue weighted by Gasteiger charge is 2.33. The maximum absolute atomic E-state index is 13.7. The van der Waals surface area contributed by atoms with E-state index in [1.165, 1.54) is 12.1 Å². The molecule has 1 amide bonds. The third kappa shape index (κ3) is 4.87. The molecule has 0 spiro atoms. The van der Waals surface area contributed by atoms with Crippen LogP contribution in [0.4, 0.5) is 10.1 Å². The van der Waals surface area contributed by atoms with Crippen LogP contribution in [-0.4, -0.2) is 48.4 Å². The lowest BCUT2D eigenvalue weighted by molar-refractivity contribution is -0.123. The largest absolute Gasteiger partial charge is 0.355 e. The fourth-order valence-electron chi connectivity index (χ4n) is 3.83. The molecule has 4 N–H and O–H groups in total. The van der Waals surface area contributed by atoms with E-state index in [2.05, 4.69) is 52.8 Å². The van der Waals surface area contributed by atoms with Crippen LogP contribution >= 0.6 is 31.9 Å². The highest BCUT2D eigenvalue weighted by atomic mass is 79.9. The predicted octanol–water partition coefficient (Wildman–Crippen LogP) is 4.02. The lowest BCUT2D eigenvalue weighted by Gasteiger charge is -2.40. The second-order valence-electron chi connectivity index (χ2n) is 7.77. The number of amidine groups is 2. The first kappa shape index (κ1) is 22.9. The van der Waals surface area contributed by atoms with Crippen molar-refractivity contribution < 1.29 is 9.18 Å². The van der Waals surface area contributed by atoms with E-state index in [4.69, 9.17) is 5.41 Å². The second kappa shape index (κ2) is 9.68. The third-order valence-electron chi connectivity index (χ3n) is 5.51. The molecule has 1 saturated heterocycles. The zero-order valence-electron chi connectivity index (χ0n) is 17.4. The van der Waals surface area contributed by atoms with Gasteiger partial charge in [-0.25, -0.2) is 9.38 Å². The van der Waals surface area contributed by atoms with Gasteiger partial charge in [0.1, 0.15) is 11.7 Å². The van der Waals surface area contributed by atoms with E-state index in [-0.39, 0.29) is 17.8 Å². The van der Waals surface area contributed by atoms with Crippen LogP contribution in [0.1, 0.15) is 30.4 Å². The van der Waals surface area contributed by atoms with E-state index >= 15 is 0 Å². The van der Waals surface area contributed by atoms with Crippen molar-refractivity contribution in [1.29, 1.82) is 5.41 Å². The Morgan fingerprint density at radius 3 is 2.88 bits per heavy atom. The van der Waals surface area contributed by atoms with E-state index in [0.29, 0.717) is 17.9 Å². The highest BCUT2D eigenvalue weighted by molar-refractivity contribution is 9.11. The Hall–Kier alpha value is -2.30. The summed E-state index contributed by atoms with van der Waals surface area (Å²) >= 11 is 7.12. The van der Waals surface area contributed by atoms with E-state index in [9.17, 15) is 9.18 Å². The average molecular weight is 566 g/mol. The number of nitrogens with zero attached hydrogens (tertiary/aromatic N) is 2. The predicted molar refractivity (Wildman–Crippen MR) is 131 cm³/mol. The molecule has 2 aliphatic heterocycles. The molecule has 1 unspecified atom stereocenters. The van der Waals surface area contributed by atoms with Gasteiger partial charge < -0.3 is 15.5 Å². The molecule has 32 heavy (non-hydrogen) atoms. The number of hydrogen-bond donors (Lipinski definition) is 4. The maximum Gasteiger partial charge on any atom is 0.237 e. The zero-order chi connectivity index (χ0) is 22.8. The summed E-state index contributed by atoms with van der Waals surface area (Å²) in [6, 6.07) is 9.31. The summed E-state index contributed by atoms with van der Waals surface area (Å²) in [6.45, 7) is 0.685. The van der Waals surface area contributed by atoms with E-state index < -0.39 is 12.1 Å². The van der Waals surface area contributed by atoms with Crippen LogP contribution in [0, 0.1) is 11.2 Å². The van der Waals surface area contributed by atoms with Gasteiger partial charge in [0.05, 0.1) is 11.7 Å². The first-order valence-corrected chi connectivity index (χ1v) is 11.9. The van der Waals surface area contributed by atoms with Crippen LogP contribution in [0.2, 0.25) is 0 Å². The summed E-state index contributed by atoms with van der Waals surface area (Å²) in [6.07, 6.45) is 2.20. The van der Waals surface area contributed by atoms with Crippen molar-refractivity contribution >= 4 is 55.1 Å². The molecule has 4 rings (SSSR count). The topological polar surface area (TPSA) is 92.6 Å². The van der Waals surface area contributed by atoms with Gasteiger partial charge >= 0.3 is 0 Å². The van der Waals surface area contributed by atoms with Crippen molar-refractivity contribution in [1.82, 2.24) is 15.5 Å². The molecule has 2 atom stereocenters. The number of anilines is 1. The van der Waals surface area contributed by atoms with Gasteiger partial charge in [-0.3, -0.25) is 15.5 Å². The standard InChI is InChI=1S/C22H23Br2FN6O/c1-31-20(30-19(26)12-5-4-6-14(25)9-12)15-10-13(23)11-16(24)18(15)29-22(31)28-17-7-2-3-8-27-21(17)32/h4-6,9-11,17,22,26,28-29H,2-3,7-8H2,1H3,(H,27,32)/t17-,22?/m1/s1. The molecule has 0 saturated carbocycles. The summed E-state index contributed by atoms with van der Waals surface area (Å²) in [5.74, 6) is 0.0306. The Morgan fingerprint density at radius 2 is 2.09 bits per heavy atom. The van der Waals surface area contributed by atoms with Gasteiger partial charge in [-0.2, -0.15) is 0 Å². The molecule has 7 nitrogen and oxygen atoms in total. The number of nitrogens with one attached hydrogen (secondary N) is 4. The Balaban J connectivity index is 1.72. The number of rotatable bonds is 3. The summed E-state index contributed by atoms with van der Waals surface area (Å²) in [5.41, 5.74) is 1.95. The van der Waals surface area contributed by atoms with Crippen LogP contribution in [0.3, 0.4) is 0 Å². The molecular formula is C22H23Br2FN6O. The third-order valence-corrected chi connectivity index (χ3v) is 6.59. The minimum absolute atomic E-state index is 0.0237. The van der Waals surface area contributed by atoms with Gasteiger partial charge in [0.2, 0.25) is 5.91 Å². The average Bonchev–Trinajstić information content (AvgIpc) is 2.95. The van der Waals surface area contributed by atoms with Gasteiger partial charge in [-0.05, 0) is 59.5 Å². The smallest absolute Gasteiger partial charge is 0.237 e. The molecule has 0 aliphatic carbocycles. The molecule has 1 fully saturated rings. The normalized spacial score (nSPS) is 22.1. The Labute approximate surface area is 202 Å². The number of hydrogen-bond acceptors (Lipinski definition) is 4.